The maximum absolute atomic E-state index is 11.7. The van der Waals surface area contributed by atoms with Crippen LogP contribution in [0, 0.1) is 6.92 Å². The number of nitrogens with two attached hydrogens (primary N) is 1. The van der Waals surface area contributed by atoms with E-state index < -0.39 is 5.91 Å². The zero-order chi connectivity index (χ0) is 18.5. The molecule has 4 aromatic heterocycles. The lowest BCUT2D eigenvalue weighted by Crippen LogP contribution is -2.10. The summed E-state index contributed by atoms with van der Waals surface area (Å²) in [5.74, 6) is 0.309. The second-order valence-corrected chi connectivity index (χ2v) is 6.84. The first-order chi connectivity index (χ1) is 13.1. The van der Waals surface area contributed by atoms with E-state index in [1.54, 1.807) is 4.52 Å². The summed E-state index contributed by atoms with van der Waals surface area (Å²) in [5.41, 5.74) is 11.9. The Labute approximate surface area is 155 Å². The molecule has 27 heavy (non-hydrogen) atoms. The number of aryl methyl sites for hydroxylation is 2. The van der Waals surface area contributed by atoms with Gasteiger partial charge in [0.1, 0.15) is 0 Å². The Kier molecular flexibility index (Phi) is 3.36. The molecule has 0 unspecified atom stereocenters. The summed E-state index contributed by atoms with van der Waals surface area (Å²) in [6, 6.07) is 9.87. The molecule has 0 spiro atoms. The minimum absolute atomic E-state index is 0.410. The van der Waals surface area contributed by atoms with Crippen molar-refractivity contribution in [1.29, 1.82) is 0 Å². The summed E-state index contributed by atoms with van der Waals surface area (Å²) in [6.45, 7) is 1.97. The van der Waals surface area contributed by atoms with Crippen molar-refractivity contribution < 1.29 is 4.79 Å². The lowest BCUT2D eigenvalue weighted by molar-refractivity contribution is 0.100. The molecule has 0 saturated carbocycles. The number of nitrogens with zero attached hydrogens (tertiary/aromatic N) is 5. The molecule has 1 aliphatic rings. The molecule has 7 nitrogen and oxygen atoms in total. The van der Waals surface area contributed by atoms with Gasteiger partial charge in [-0.15, -0.1) is 0 Å². The number of carbonyl (C=O) groups excluding carboxylic acids is 1. The van der Waals surface area contributed by atoms with Gasteiger partial charge in [-0.1, -0.05) is 6.07 Å². The summed E-state index contributed by atoms with van der Waals surface area (Å²) in [4.78, 5) is 16.4. The van der Waals surface area contributed by atoms with Crippen LogP contribution in [0.1, 0.15) is 33.7 Å². The van der Waals surface area contributed by atoms with Crippen LogP contribution in [0.15, 0.2) is 42.7 Å². The lowest BCUT2D eigenvalue weighted by atomic mass is 10.1. The maximum Gasteiger partial charge on any atom is 0.252 e. The molecule has 1 aliphatic carbocycles. The van der Waals surface area contributed by atoms with Gasteiger partial charge in [0.15, 0.2) is 5.82 Å². The van der Waals surface area contributed by atoms with E-state index in [9.17, 15) is 4.79 Å². The molecule has 0 bridgehead atoms. The number of aromatic nitrogens is 5. The normalized spacial score (nSPS) is 13.2. The molecular weight excluding hydrogens is 340 g/mol. The average molecular weight is 358 g/mol. The second-order valence-electron chi connectivity index (χ2n) is 6.84. The summed E-state index contributed by atoms with van der Waals surface area (Å²) in [7, 11) is 0. The van der Waals surface area contributed by atoms with E-state index in [1.807, 2.05) is 48.1 Å². The number of rotatable bonds is 3. The fourth-order valence-corrected chi connectivity index (χ4v) is 3.82. The van der Waals surface area contributed by atoms with Crippen molar-refractivity contribution in [2.75, 3.05) is 0 Å². The molecule has 0 aliphatic heterocycles. The molecule has 5 rings (SSSR count). The van der Waals surface area contributed by atoms with Gasteiger partial charge in [-0.25, -0.2) is 14.2 Å². The molecule has 0 radical (unpaired) electrons. The van der Waals surface area contributed by atoms with Crippen molar-refractivity contribution in [2.24, 2.45) is 5.73 Å². The quantitative estimate of drug-likeness (QED) is 0.609. The third-order valence-electron chi connectivity index (χ3n) is 5.06. The summed E-state index contributed by atoms with van der Waals surface area (Å²) >= 11 is 0. The van der Waals surface area contributed by atoms with Gasteiger partial charge in [-0.3, -0.25) is 4.79 Å². The van der Waals surface area contributed by atoms with Gasteiger partial charge in [-0.05, 0) is 50.5 Å². The monoisotopic (exact) mass is 358 g/mol. The SMILES string of the molecule is Cc1cccc(-n2nc3c(c2-c2ccn4ncc(C(N)=O)c4c2)CCC3)n1. The van der Waals surface area contributed by atoms with E-state index >= 15 is 0 Å². The van der Waals surface area contributed by atoms with E-state index in [0.717, 1.165) is 47.7 Å². The van der Waals surface area contributed by atoms with Gasteiger partial charge in [0, 0.05) is 23.0 Å². The van der Waals surface area contributed by atoms with Gasteiger partial charge in [0.05, 0.1) is 28.7 Å². The molecule has 2 N–H and O–H groups in total. The Morgan fingerprint density at radius 1 is 1.22 bits per heavy atom. The van der Waals surface area contributed by atoms with Gasteiger partial charge in [0.2, 0.25) is 0 Å². The van der Waals surface area contributed by atoms with Gasteiger partial charge in [0.25, 0.3) is 5.91 Å². The Balaban J connectivity index is 1.76. The predicted molar refractivity (Wildman–Crippen MR) is 101 cm³/mol. The molecule has 1 amide bonds. The summed E-state index contributed by atoms with van der Waals surface area (Å²) < 4.78 is 3.58. The van der Waals surface area contributed by atoms with Crippen molar-refractivity contribution in [1.82, 2.24) is 24.4 Å². The Morgan fingerprint density at radius 2 is 2.11 bits per heavy atom. The first kappa shape index (κ1) is 15.7. The summed E-state index contributed by atoms with van der Waals surface area (Å²) in [5, 5.41) is 9.05. The minimum atomic E-state index is -0.485. The van der Waals surface area contributed by atoms with Crippen LogP contribution in [0.25, 0.3) is 22.6 Å². The molecule has 4 heterocycles. The van der Waals surface area contributed by atoms with Crippen LogP contribution in [-0.2, 0) is 12.8 Å². The fourth-order valence-electron chi connectivity index (χ4n) is 3.82. The Hall–Kier alpha value is -3.48. The molecule has 0 fully saturated rings. The molecule has 0 atom stereocenters. The van der Waals surface area contributed by atoms with Crippen LogP contribution >= 0.6 is 0 Å². The molecular formula is C20H18N6O. The van der Waals surface area contributed by atoms with E-state index in [1.165, 1.54) is 11.8 Å². The highest BCUT2D eigenvalue weighted by molar-refractivity contribution is 6.00. The van der Waals surface area contributed by atoms with Crippen molar-refractivity contribution >= 4 is 11.4 Å². The van der Waals surface area contributed by atoms with E-state index in [4.69, 9.17) is 10.8 Å². The largest absolute Gasteiger partial charge is 0.365 e. The zero-order valence-corrected chi connectivity index (χ0v) is 14.9. The van der Waals surface area contributed by atoms with E-state index in [0.29, 0.717) is 11.1 Å². The van der Waals surface area contributed by atoms with Crippen LogP contribution in [0.2, 0.25) is 0 Å². The predicted octanol–water partition coefficient (Wildman–Crippen LogP) is 2.48. The minimum Gasteiger partial charge on any atom is -0.365 e. The van der Waals surface area contributed by atoms with Crippen molar-refractivity contribution in [2.45, 2.75) is 26.2 Å². The topological polar surface area (TPSA) is 91.1 Å². The zero-order valence-electron chi connectivity index (χ0n) is 14.9. The van der Waals surface area contributed by atoms with Crippen LogP contribution in [0.3, 0.4) is 0 Å². The van der Waals surface area contributed by atoms with Crippen LogP contribution in [-0.4, -0.2) is 30.3 Å². The number of hydrogen-bond donors (Lipinski definition) is 1. The van der Waals surface area contributed by atoms with Crippen molar-refractivity contribution in [3.63, 3.8) is 0 Å². The molecule has 0 saturated heterocycles. The first-order valence-corrected chi connectivity index (χ1v) is 8.94. The Bertz CT molecular complexity index is 1200. The highest BCUT2D eigenvalue weighted by Gasteiger charge is 2.25. The second kappa shape index (κ2) is 5.77. The summed E-state index contributed by atoms with van der Waals surface area (Å²) in [6.07, 6.45) is 6.42. The fraction of sp³-hybridized carbons (Fsp3) is 0.200. The highest BCUT2D eigenvalue weighted by Crippen LogP contribution is 2.34. The van der Waals surface area contributed by atoms with Gasteiger partial charge < -0.3 is 5.73 Å². The number of pyridine rings is 2. The lowest BCUT2D eigenvalue weighted by Gasteiger charge is -2.10. The number of amides is 1. The van der Waals surface area contributed by atoms with Crippen LogP contribution in [0.4, 0.5) is 0 Å². The first-order valence-electron chi connectivity index (χ1n) is 8.94. The average Bonchev–Trinajstić information content (AvgIpc) is 3.34. The van der Waals surface area contributed by atoms with Gasteiger partial charge in [-0.2, -0.15) is 10.2 Å². The van der Waals surface area contributed by atoms with E-state index in [2.05, 4.69) is 10.1 Å². The van der Waals surface area contributed by atoms with Crippen LogP contribution in [0.5, 0.6) is 0 Å². The molecule has 7 heteroatoms. The third kappa shape index (κ3) is 2.43. The maximum atomic E-state index is 11.7. The number of carbonyl (C=O) groups is 1. The van der Waals surface area contributed by atoms with E-state index in [-0.39, 0.29) is 0 Å². The standard InChI is InChI=1S/C20H18N6O/c1-12-4-2-7-18(23-12)26-19(14-5-3-6-16(14)24-26)13-8-9-25-17(10-13)15(11-22-25)20(21)27/h2,4,7-11H,3,5-6H2,1H3,(H2,21,27). The molecule has 134 valence electrons. The van der Waals surface area contributed by atoms with Gasteiger partial charge >= 0.3 is 0 Å². The van der Waals surface area contributed by atoms with Crippen molar-refractivity contribution in [3.05, 3.63) is 65.2 Å². The smallest absolute Gasteiger partial charge is 0.252 e. The molecule has 4 aromatic rings. The highest BCUT2D eigenvalue weighted by atomic mass is 16.1. The molecule has 0 aromatic carbocycles. The number of hydrogen-bond acceptors (Lipinski definition) is 4. The Morgan fingerprint density at radius 3 is 2.93 bits per heavy atom. The van der Waals surface area contributed by atoms with Crippen molar-refractivity contribution in [3.8, 4) is 17.1 Å². The number of fused-ring (bicyclic) bond motifs is 2. The number of primary amides is 1. The van der Waals surface area contributed by atoms with Crippen LogP contribution < -0.4 is 5.73 Å². The third-order valence-corrected chi connectivity index (χ3v) is 5.06.